The normalized spacial score (nSPS) is 17.3. The highest BCUT2D eigenvalue weighted by atomic mass is 19.1. The third kappa shape index (κ3) is 3.80. The van der Waals surface area contributed by atoms with Crippen molar-refractivity contribution < 1.29 is 23.5 Å². The topological polar surface area (TPSA) is 59.1 Å². The van der Waals surface area contributed by atoms with Gasteiger partial charge >= 0.3 is 0 Å². The van der Waals surface area contributed by atoms with Crippen molar-refractivity contribution in [3.63, 3.8) is 0 Å². The molecule has 2 aliphatic heterocycles. The Balaban J connectivity index is 1.73. The molecule has 0 bridgehead atoms. The molecule has 0 unspecified atom stereocenters. The standard InChI is InChI=1S/C23H23FN2O4/c1-15(2)30-19-9-7-18(8-10-19)26-22(27)20(16-3-5-17(24)6-4-16)21(23(26)28)25-11-13-29-14-12-25/h3-10,15H,11-14H2,1-2H3. The Morgan fingerprint density at radius 3 is 2.17 bits per heavy atom. The second-order valence-electron chi connectivity index (χ2n) is 7.44. The predicted octanol–water partition coefficient (Wildman–Crippen LogP) is 3.23. The van der Waals surface area contributed by atoms with Gasteiger partial charge in [0.05, 0.1) is 30.6 Å². The minimum atomic E-state index is -0.425. The lowest BCUT2D eigenvalue weighted by molar-refractivity contribution is -0.121. The lowest BCUT2D eigenvalue weighted by atomic mass is 10.0. The van der Waals surface area contributed by atoms with E-state index in [4.69, 9.17) is 9.47 Å². The van der Waals surface area contributed by atoms with E-state index in [0.717, 1.165) is 0 Å². The SMILES string of the molecule is CC(C)Oc1ccc(N2C(=O)C(c3ccc(F)cc3)=C(N3CCOCC3)C2=O)cc1. The maximum absolute atomic E-state index is 13.5. The van der Waals surface area contributed by atoms with E-state index < -0.39 is 17.6 Å². The molecule has 7 heteroatoms. The number of benzene rings is 2. The van der Waals surface area contributed by atoms with Crippen LogP contribution < -0.4 is 9.64 Å². The van der Waals surface area contributed by atoms with Crippen molar-refractivity contribution in [2.45, 2.75) is 20.0 Å². The number of rotatable bonds is 5. The van der Waals surface area contributed by atoms with Gasteiger partial charge in [0, 0.05) is 13.1 Å². The van der Waals surface area contributed by atoms with E-state index in [1.54, 1.807) is 24.3 Å². The first kappa shape index (κ1) is 20.1. The highest BCUT2D eigenvalue weighted by molar-refractivity contribution is 6.45. The molecule has 30 heavy (non-hydrogen) atoms. The lowest BCUT2D eigenvalue weighted by Crippen LogP contribution is -2.40. The summed E-state index contributed by atoms with van der Waals surface area (Å²) in [6, 6.07) is 12.5. The minimum Gasteiger partial charge on any atom is -0.491 e. The molecule has 156 valence electrons. The Hall–Kier alpha value is -3.19. The first-order chi connectivity index (χ1) is 14.5. The summed E-state index contributed by atoms with van der Waals surface area (Å²) in [5.74, 6) is -0.556. The number of amides is 2. The molecule has 4 rings (SSSR count). The lowest BCUT2D eigenvalue weighted by Gasteiger charge is -2.29. The highest BCUT2D eigenvalue weighted by Crippen LogP contribution is 2.35. The largest absolute Gasteiger partial charge is 0.491 e. The molecule has 0 atom stereocenters. The highest BCUT2D eigenvalue weighted by Gasteiger charge is 2.42. The smallest absolute Gasteiger partial charge is 0.282 e. The molecule has 2 heterocycles. The van der Waals surface area contributed by atoms with E-state index in [1.807, 2.05) is 18.7 Å². The molecule has 1 saturated heterocycles. The van der Waals surface area contributed by atoms with E-state index in [9.17, 15) is 14.0 Å². The van der Waals surface area contributed by atoms with Gasteiger partial charge in [0.1, 0.15) is 17.3 Å². The van der Waals surface area contributed by atoms with E-state index in [1.165, 1.54) is 29.2 Å². The molecule has 2 amide bonds. The number of anilines is 1. The molecule has 0 aromatic heterocycles. The summed E-state index contributed by atoms with van der Waals surface area (Å²) in [4.78, 5) is 29.8. The summed E-state index contributed by atoms with van der Waals surface area (Å²) in [6.45, 7) is 5.82. The van der Waals surface area contributed by atoms with E-state index in [0.29, 0.717) is 49.0 Å². The van der Waals surface area contributed by atoms with Crippen molar-refractivity contribution in [1.82, 2.24) is 4.90 Å². The maximum Gasteiger partial charge on any atom is 0.282 e. The fourth-order valence-electron chi connectivity index (χ4n) is 3.66. The number of imide groups is 1. The fraction of sp³-hybridized carbons (Fsp3) is 0.304. The number of hydrogen-bond acceptors (Lipinski definition) is 5. The summed E-state index contributed by atoms with van der Waals surface area (Å²) >= 11 is 0. The van der Waals surface area contributed by atoms with Crippen molar-refractivity contribution in [3.8, 4) is 5.75 Å². The van der Waals surface area contributed by atoms with Crippen molar-refractivity contribution in [3.05, 3.63) is 65.6 Å². The van der Waals surface area contributed by atoms with Crippen LogP contribution in [0.25, 0.3) is 5.57 Å². The number of ether oxygens (including phenoxy) is 2. The molecule has 1 fully saturated rings. The monoisotopic (exact) mass is 410 g/mol. The Labute approximate surface area is 174 Å². The zero-order valence-corrected chi connectivity index (χ0v) is 16.9. The van der Waals surface area contributed by atoms with Gasteiger partial charge < -0.3 is 14.4 Å². The molecule has 6 nitrogen and oxygen atoms in total. The van der Waals surface area contributed by atoms with Gasteiger partial charge in [-0.3, -0.25) is 9.59 Å². The fourth-order valence-corrected chi connectivity index (χ4v) is 3.66. The van der Waals surface area contributed by atoms with Crippen LogP contribution in [0.2, 0.25) is 0 Å². The summed E-state index contributed by atoms with van der Waals surface area (Å²) < 4.78 is 24.5. The number of hydrogen-bond donors (Lipinski definition) is 0. The first-order valence-electron chi connectivity index (χ1n) is 9.94. The van der Waals surface area contributed by atoms with Gasteiger partial charge in [-0.05, 0) is 55.8 Å². The van der Waals surface area contributed by atoms with Crippen LogP contribution >= 0.6 is 0 Å². The van der Waals surface area contributed by atoms with Gasteiger partial charge in [0.25, 0.3) is 11.8 Å². The molecule has 0 radical (unpaired) electrons. The molecular weight excluding hydrogens is 387 g/mol. The number of halogens is 1. The predicted molar refractivity (Wildman–Crippen MR) is 110 cm³/mol. The zero-order chi connectivity index (χ0) is 21.3. The quantitative estimate of drug-likeness (QED) is 0.709. The average molecular weight is 410 g/mol. The molecule has 0 saturated carbocycles. The molecular formula is C23H23FN2O4. The van der Waals surface area contributed by atoms with Gasteiger partial charge in [-0.25, -0.2) is 9.29 Å². The number of nitrogens with zero attached hydrogens (tertiary/aromatic N) is 2. The van der Waals surface area contributed by atoms with E-state index >= 15 is 0 Å². The molecule has 0 N–H and O–H groups in total. The van der Waals surface area contributed by atoms with Crippen LogP contribution in [-0.2, 0) is 14.3 Å². The van der Waals surface area contributed by atoms with E-state index in [-0.39, 0.29) is 11.7 Å². The third-order valence-electron chi connectivity index (χ3n) is 4.99. The van der Waals surface area contributed by atoms with Gasteiger partial charge in [-0.1, -0.05) is 12.1 Å². The minimum absolute atomic E-state index is 0.0190. The van der Waals surface area contributed by atoms with Gasteiger partial charge in [0.15, 0.2) is 0 Å². The maximum atomic E-state index is 13.5. The number of morpholine rings is 1. The summed E-state index contributed by atoms with van der Waals surface area (Å²) in [6.07, 6.45) is 0.0190. The Morgan fingerprint density at radius 1 is 0.933 bits per heavy atom. The van der Waals surface area contributed by atoms with Crippen LogP contribution in [0, 0.1) is 5.82 Å². The second kappa shape index (κ2) is 8.28. The first-order valence-corrected chi connectivity index (χ1v) is 9.94. The number of carbonyl (C=O) groups is 2. The van der Waals surface area contributed by atoms with Gasteiger partial charge in [-0.2, -0.15) is 0 Å². The summed E-state index contributed by atoms with van der Waals surface area (Å²) in [5, 5.41) is 0. The van der Waals surface area contributed by atoms with Crippen LogP contribution in [0.4, 0.5) is 10.1 Å². The average Bonchev–Trinajstić information content (AvgIpc) is 3.00. The van der Waals surface area contributed by atoms with Gasteiger partial charge in [0.2, 0.25) is 0 Å². The van der Waals surface area contributed by atoms with Crippen LogP contribution in [0.3, 0.4) is 0 Å². The second-order valence-corrected chi connectivity index (χ2v) is 7.44. The van der Waals surface area contributed by atoms with Crippen molar-refractivity contribution >= 4 is 23.1 Å². The molecule has 0 aliphatic carbocycles. The van der Waals surface area contributed by atoms with Crippen molar-refractivity contribution in [2.75, 3.05) is 31.2 Å². The molecule has 0 spiro atoms. The summed E-state index contributed by atoms with van der Waals surface area (Å²) in [5.41, 5.74) is 1.59. The molecule has 2 aliphatic rings. The van der Waals surface area contributed by atoms with Crippen molar-refractivity contribution in [2.24, 2.45) is 0 Å². The van der Waals surface area contributed by atoms with Crippen LogP contribution in [0.5, 0.6) is 5.75 Å². The van der Waals surface area contributed by atoms with Gasteiger partial charge in [-0.15, -0.1) is 0 Å². The zero-order valence-electron chi connectivity index (χ0n) is 16.9. The molecule has 2 aromatic rings. The van der Waals surface area contributed by atoms with E-state index in [2.05, 4.69) is 0 Å². The van der Waals surface area contributed by atoms with Crippen molar-refractivity contribution in [1.29, 1.82) is 0 Å². The van der Waals surface area contributed by atoms with Crippen LogP contribution in [0.15, 0.2) is 54.2 Å². The molecule has 2 aromatic carbocycles. The Morgan fingerprint density at radius 2 is 1.57 bits per heavy atom. The van der Waals surface area contributed by atoms with Crippen LogP contribution in [0.1, 0.15) is 19.4 Å². The Kier molecular flexibility index (Phi) is 5.55. The van der Waals surface area contributed by atoms with Crippen LogP contribution in [-0.4, -0.2) is 49.1 Å². The summed E-state index contributed by atoms with van der Waals surface area (Å²) in [7, 11) is 0. The Bertz CT molecular complexity index is 977. The number of carbonyl (C=O) groups excluding carboxylic acids is 2. The third-order valence-corrected chi connectivity index (χ3v) is 4.99.